The van der Waals surface area contributed by atoms with Crippen LogP contribution >= 0.6 is 0 Å². The Kier molecular flexibility index (Phi) is 11.2. The summed E-state index contributed by atoms with van der Waals surface area (Å²) in [5.74, 6) is 3.86. The molecule has 2 N–H and O–H groups in total. The number of ketones is 3. The van der Waals surface area contributed by atoms with Crippen molar-refractivity contribution in [2.75, 3.05) is 0 Å². The third kappa shape index (κ3) is 5.87. The summed E-state index contributed by atoms with van der Waals surface area (Å²) in [6, 6.07) is 0. The van der Waals surface area contributed by atoms with Crippen LogP contribution in [-0.4, -0.2) is 39.8 Å². The molecule has 6 fully saturated rings. The average Bonchev–Trinajstić information content (AvgIpc) is 3.45. The number of aliphatic hydroxyl groups is 2. The number of hydrogen-bond donors (Lipinski definition) is 2. The largest absolute Gasteiger partial charge is 0.393 e. The Hall–Kier alpha value is 1.29. The van der Waals surface area contributed by atoms with Gasteiger partial charge in [0.05, 0.1) is 12.2 Å². The molecule has 8 aliphatic carbocycles. The number of aliphatic hydroxyl groups excluding tert-OH is 2. The van der Waals surface area contributed by atoms with Crippen LogP contribution in [0.15, 0.2) is 23.3 Å². The summed E-state index contributed by atoms with van der Waals surface area (Å²) in [5.41, 5.74) is 2.78. The third-order valence-corrected chi connectivity index (χ3v) is 15.4. The van der Waals surface area contributed by atoms with Gasteiger partial charge < -0.3 is 10.2 Å². The van der Waals surface area contributed by atoms with Crippen LogP contribution in [0.4, 0.5) is 0 Å². The maximum absolute atomic E-state index is 12.9. The molecule has 7 heteroatoms. The Bertz CT molecular complexity index is 1290. The minimum absolute atomic E-state index is 0. The number of allylic oxidation sites excluding steroid dienone is 2. The normalized spacial score (nSPS) is 49.5. The van der Waals surface area contributed by atoms with E-state index >= 15 is 0 Å². The van der Waals surface area contributed by atoms with E-state index < -0.39 is 0 Å². The van der Waals surface area contributed by atoms with E-state index in [1.165, 1.54) is 17.6 Å². The molecule has 0 amide bonds. The van der Waals surface area contributed by atoms with Gasteiger partial charge in [0, 0.05) is 118 Å². The van der Waals surface area contributed by atoms with Crippen LogP contribution in [0.2, 0.25) is 0 Å². The quantitative estimate of drug-likeness (QED) is 0.257. The van der Waals surface area contributed by atoms with E-state index in [9.17, 15) is 24.6 Å². The van der Waals surface area contributed by atoms with Gasteiger partial charge >= 0.3 is 0 Å². The second-order valence-electron chi connectivity index (χ2n) is 17.1. The predicted octanol–water partition coefficient (Wildman–Crippen LogP) is 6.94. The molecule has 0 aromatic carbocycles. The summed E-state index contributed by atoms with van der Waals surface area (Å²) in [5, 5.41) is 20.0. The van der Waals surface area contributed by atoms with Crippen molar-refractivity contribution in [1.82, 2.24) is 0 Å². The Labute approximate surface area is 342 Å². The van der Waals surface area contributed by atoms with Crippen LogP contribution in [0, 0.1) is 145 Å². The average molecular weight is 1040 g/mol. The van der Waals surface area contributed by atoms with Crippen molar-refractivity contribution in [3.05, 3.63) is 23.3 Å². The number of fused-ring (bicyclic) bond motifs is 10. The fraction of sp³-hybridized carbons (Fsp3) is 0.816. The molecule has 5 nitrogen and oxygen atoms in total. The van der Waals surface area contributed by atoms with Crippen LogP contribution in [0.3, 0.4) is 0 Å². The van der Waals surface area contributed by atoms with Crippen LogP contribution in [0.1, 0.15) is 124 Å². The molecule has 8 unspecified atom stereocenters. The summed E-state index contributed by atoms with van der Waals surface area (Å²) >= 11 is 0. The van der Waals surface area contributed by atoms with Gasteiger partial charge in [-0.2, -0.15) is 0 Å². The monoisotopic (exact) mass is 1040 g/mol. The molecule has 0 aromatic heterocycles. The van der Waals surface area contributed by atoms with Crippen molar-refractivity contribution < 1.29 is 113 Å². The molecule has 0 heterocycles. The molecule has 0 bridgehead atoms. The van der Waals surface area contributed by atoms with Gasteiger partial charge in [-0.05, 0) is 130 Å². The molecule has 0 aliphatic heterocycles. The fourth-order valence-corrected chi connectivity index (χ4v) is 12.6. The number of Topliss-reactive ketones (excluding diaryl/α,β-unsaturated/α-hetero) is 2. The van der Waals surface area contributed by atoms with Gasteiger partial charge in [-0.3, -0.25) is 14.4 Å². The molecular weight excluding hydrogens is 990 g/mol. The van der Waals surface area contributed by atoms with E-state index in [4.69, 9.17) is 0 Å². The van der Waals surface area contributed by atoms with Crippen molar-refractivity contribution in [3.8, 4) is 0 Å². The van der Waals surface area contributed by atoms with Crippen LogP contribution < -0.4 is 0 Å². The molecule has 45 heavy (non-hydrogen) atoms. The maximum Gasteiger partial charge on any atom is 0.159 e. The molecule has 8 aliphatic rings. The molecule has 6 saturated carbocycles. The molecule has 12 atom stereocenters. The molecular formula is C38H54Ac2O5. The summed E-state index contributed by atoms with van der Waals surface area (Å²) < 4.78 is 0. The van der Waals surface area contributed by atoms with Crippen molar-refractivity contribution in [2.24, 2.45) is 57.2 Å². The molecule has 0 aromatic rings. The van der Waals surface area contributed by atoms with E-state index in [1.54, 1.807) is 0 Å². The first-order valence-corrected chi connectivity index (χ1v) is 17.7. The first-order valence-electron chi connectivity index (χ1n) is 17.7. The van der Waals surface area contributed by atoms with E-state index in [0.717, 1.165) is 83.0 Å². The summed E-state index contributed by atoms with van der Waals surface area (Å²) in [7, 11) is 0. The van der Waals surface area contributed by atoms with Gasteiger partial charge in [-0.15, -0.1) is 0 Å². The summed E-state index contributed by atoms with van der Waals surface area (Å²) in [6.07, 6.45) is 18.2. The molecule has 0 spiro atoms. The topological polar surface area (TPSA) is 91.7 Å². The molecule has 0 saturated heterocycles. The van der Waals surface area contributed by atoms with Crippen LogP contribution in [-0.2, 0) is 14.4 Å². The zero-order chi connectivity index (χ0) is 30.5. The number of carbonyl (C=O) groups is 3. The Morgan fingerprint density at radius 2 is 1.04 bits per heavy atom. The summed E-state index contributed by atoms with van der Waals surface area (Å²) in [6.45, 7) is 9.09. The Balaban J connectivity index is 0.000000170. The first-order chi connectivity index (χ1) is 20.3. The van der Waals surface area contributed by atoms with Gasteiger partial charge in [-0.25, -0.2) is 0 Å². The van der Waals surface area contributed by atoms with E-state index in [1.807, 2.05) is 6.08 Å². The SMILES string of the molecule is C[C@]12CCC(O)CC1=CC(=O)C1C2CC[C@]2(C)C(=O)CCC12.C[C@]12CCC(O)CC1=CCC1C2CC[C@]2(C)C(=O)CCC12.[Ac].[Ac]. The van der Waals surface area contributed by atoms with E-state index in [0.29, 0.717) is 47.6 Å². The van der Waals surface area contributed by atoms with Crippen molar-refractivity contribution in [2.45, 2.75) is 136 Å². The summed E-state index contributed by atoms with van der Waals surface area (Å²) in [4.78, 5) is 37.6. The van der Waals surface area contributed by atoms with Crippen molar-refractivity contribution >= 4 is 17.3 Å². The van der Waals surface area contributed by atoms with Crippen LogP contribution in [0.5, 0.6) is 0 Å². The fourth-order valence-electron chi connectivity index (χ4n) is 12.6. The van der Waals surface area contributed by atoms with Crippen molar-refractivity contribution in [3.63, 3.8) is 0 Å². The smallest absolute Gasteiger partial charge is 0.159 e. The van der Waals surface area contributed by atoms with Crippen LogP contribution in [0.25, 0.3) is 0 Å². The zero-order valence-electron chi connectivity index (χ0n) is 28.2. The van der Waals surface area contributed by atoms with Gasteiger partial charge in [0.15, 0.2) is 5.78 Å². The minimum atomic E-state index is -0.286. The zero-order valence-corrected chi connectivity index (χ0v) is 37.6. The number of hydrogen-bond acceptors (Lipinski definition) is 5. The van der Waals surface area contributed by atoms with E-state index in [2.05, 4.69) is 33.8 Å². The van der Waals surface area contributed by atoms with Gasteiger partial charge in [0.2, 0.25) is 0 Å². The predicted molar refractivity (Wildman–Crippen MR) is 166 cm³/mol. The second kappa shape index (κ2) is 13.4. The Morgan fingerprint density at radius 3 is 1.67 bits per heavy atom. The van der Waals surface area contributed by atoms with Gasteiger partial charge in [0.1, 0.15) is 11.6 Å². The molecule has 8 rings (SSSR count). The standard InChI is InChI=1S/C19H26O3.C19H28O2.2Ac/c1-18-7-5-12(20)9-11(18)10-15(21)17-13-3-4-16(22)19(13,2)8-6-14(17)18;1-18-9-7-13(20)11-12(18)3-4-14-15-5-6-17(21)19(15,2)10-8-16(14)18;;/h10,12-14,17,20H,3-9H2,1-2H3;3,13-16,20H,4-11H2,1-2H3;;/t12?,13?,14?,17?,18-,19-;13?,14?,15?,16?,18-,19-;;/m00../s1. The molecule has 242 valence electrons. The number of rotatable bonds is 0. The second-order valence-corrected chi connectivity index (χ2v) is 17.1. The maximum atomic E-state index is 12.9. The van der Waals surface area contributed by atoms with Gasteiger partial charge in [0.25, 0.3) is 0 Å². The number of carbonyl (C=O) groups excluding carboxylic acids is 3. The third-order valence-electron chi connectivity index (χ3n) is 15.4. The minimum Gasteiger partial charge on any atom is -0.393 e. The molecule has 2 radical (unpaired) electrons. The van der Waals surface area contributed by atoms with Crippen molar-refractivity contribution in [1.29, 1.82) is 0 Å². The van der Waals surface area contributed by atoms with E-state index in [-0.39, 0.29) is 134 Å². The first kappa shape index (κ1) is 37.5. The van der Waals surface area contributed by atoms with Gasteiger partial charge in [-0.1, -0.05) is 44.9 Å². The Morgan fingerprint density at radius 1 is 0.600 bits per heavy atom.